The number of carbonyl (C=O) groups excluding carboxylic acids is 5. The lowest BCUT2D eigenvalue weighted by molar-refractivity contribution is -0.184. The van der Waals surface area contributed by atoms with Crippen LogP contribution in [-0.4, -0.2) is 85.4 Å². The van der Waals surface area contributed by atoms with E-state index in [-0.39, 0.29) is 0 Å². The van der Waals surface area contributed by atoms with Gasteiger partial charge in [0, 0.05) is 20.0 Å². The van der Waals surface area contributed by atoms with Gasteiger partial charge in [-0.2, -0.15) is 13.2 Å². The molecule has 0 aromatic rings. The molecule has 10 nitrogen and oxygen atoms in total. The Labute approximate surface area is 211 Å². The Balaban J connectivity index is 3.40. The lowest BCUT2D eigenvalue weighted by Crippen LogP contribution is -2.60. The zero-order valence-electron chi connectivity index (χ0n) is 21.4. The highest BCUT2D eigenvalue weighted by atomic mass is 19.4. The van der Waals surface area contributed by atoms with Crippen molar-refractivity contribution in [2.75, 3.05) is 20.7 Å². The van der Waals surface area contributed by atoms with Crippen LogP contribution in [0.5, 0.6) is 0 Å². The molecule has 0 aromatic heterocycles. The van der Waals surface area contributed by atoms with Crippen molar-refractivity contribution >= 4 is 29.6 Å². The van der Waals surface area contributed by atoms with Gasteiger partial charge in [0.25, 0.3) is 5.91 Å². The van der Waals surface area contributed by atoms with Crippen LogP contribution in [0.1, 0.15) is 47.0 Å². The Kier molecular flexibility index (Phi) is 10.4. The van der Waals surface area contributed by atoms with Gasteiger partial charge in [0.2, 0.25) is 23.5 Å². The average Bonchev–Trinajstić information content (AvgIpc) is 3.23. The van der Waals surface area contributed by atoms with Gasteiger partial charge in [-0.15, -0.1) is 0 Å². The Bertz CT molecular complexity index is 884. The second-order valence-corrected chi connectivity index (χ2v) is 9.96. The van der Waals surface area contributed by atoms with Gasteiger partial charge in [-0.25, -0.2) is 13.6 Å². The quantitative estimate of drug-likeness (QED) is 0.299. The Hall–Kier alpha value is -3.00. The summed E-state index contributed by atoms with van der Waals surface area (Å²) in [5.74, 6) is -10.7. The molecular weight excluding hydrogens is 511 g/mol. The van der Waals surface area contributed by atoms with Crippen LogP contribution in [0.4, 0.5) is 26.7 Å². The SMILES string of the molecule is CNC(=O)C(=O)[C@H](CCC(C)(F)F)NC(=O)[C@@H]1[C@@H](C(F)(F)F)CCN1C(=O)[C@@H](NC(=O)OC)C(C)(C)C. The van der Waals surface area contributed by atoms with E-state index in [0.717, 1.165) is 14.2 Å². The molecule has 37 heavy (non-hydrogen) atoms. The number of alkyl halides is 5. The molecule has 1 heterocycles. The number of hydrogen-bond donors (Lipinski definition) is 3. The Morgan fingerprint density at radius 3 is 2.00 bits per heavy atom. The average molecular weight is 545 g/mol. The fourth-order valence-electron chi connectivity index (χ4n) is 3.90. The molecule has 0 unspecified atom stereocenters. The Morgan fingerprint density at radius 2 is 1.57 bits per heavy atom. The largest absolute Gasteiger partial charge is 0.453 e. The molecule has 1 fully saturated rings. The van der Waals surface area contributed by atoms with Crippen LogP contribution in [0.2, 0.25) is 0 Å². The molecule has 0 bridgehead atoms. The van der Waals surface area contributed by atoms with Crippen molar-refractivity contribution in [1.82, 2.24) is 20.9 Å². The Morgan fingerprint density at radius 1 is 1.00 bits per heavy atom. The van der Waals surface area contributed by atoms with Crippen molar-refractivity contribution in [3.63, 3.8) is 0 Å². The van der Waals surface area contributed by atoms with Crippen molar-refractivity contribution in [2.24, 2.45) is 11.3 Å². The molecule has 0 spiro atoms. The minimum absolute atomic E-state index is 0.516. The van der Waals surface area contributed by atoms with E-state index in [2.05, 4.69) is 10.1 Å². The molecule has 1 aliphatic rings. The predicted molar refractivity (Wildman–Crippen MR) is 119 cm³/mol. The predicted octanol–water partition coefficient (Wildman–Crippen LogP) is 1.77. The fourth-order valence-corrected chi connectivity index (χ4v) is 3.90. The summed E-state index contributed by atoms with van der Waals surface area (Å²) in [4.78, 5) is 63.1. The molecule has 4 amide bonds. The number of ether oxygens (including phenoxy) is 1. The highest BCUT2D eigenvalue weighted by Crippen LogP contribution is 2.39. The van der Waals surface area contributed by atoms with Crippen LogP contribution in [0, 0.1) is 11.3 Å². The van der Waals surface area contributed by atoms with Crippen LogP contribution in [0.15, 0.2) is 0 Å². The highest BCUT2D eigenvalue weighted by Gasteiger charge is 2.56. The third-order valence-corrected chi connectivity index (χ3v) is 5.89. The molecule has 4 atom stereocenters. The molecule has 3 N–H and O–H groups in total. The molecule has 15 heteroatoms. The number of rotatable bonds is 9. The topological polar surface area (TPSA) is 134 Å². The molecule has 0 aliphatic carbocycles. The van der Waals surface area contributed by atoms with Crippen molar-refractivity contribution in [2.45, 2.75) is 77.2 Å². The van der Waals surface area contributed by atoms with Crippen LogP contribution in [-0.2, 0) is 23.9 Å². The summed E-state index contributed by atoms with van der Waals surface area (Å²) in [6.07, 6.45) is -8.33. The first kappa shape index (κ1) is 32.0. The number of nitrogens with zero attached hydrogens (tertiary/aromatic N) is 1. The normalized spacial score (nSPS) is 20.0. The van der Waals surface area contributed by atoms with E-state index < -0.39 is 97.0 Å². The van der Waals surface area contributed by atoms with E-state index in [1.807, 2.05) is 10.6 Å². The molecule has 1 saturated heterocycles. The molecule has 0 aromatic carbocycles. The minimum Gasteiger partial charge on any atom is -0.453 e. The third kappa shape index (κ3) is 8.81. The summed E-state index contributed by atoms with van der Waals surface area (Å²) in [7, 11) is 2.10. The smallest absolute Gasteiger partial charge is 0.407 e. The van der Waals surface area contributed by atoms with E-state index in [4.69, 9.17) is 0 Å². The van der Waals surface area contributed by atoms with Crippen molar-refractivity contribution < 1.29 is 50.7 Å². The maximum absolute atomic E-state index is 13.9. The molecule has 0 radical (unpaired) electrons. The number of alkyl carbamates (subject to hydrolysis) is 1. The van der Waals surface area contributed by atoms with Crippen LogP contribution >= 0.6 is 0 Å². The van der Waals surface area contributed by atoms with E-state index >= 15 is 0 Å². The maximum Gasteiger partial charge on any atom is 0.407 e. The van der Waals surface area contributed by atoms with E-state index in [0.29, 0.717) is 11.8 Å². The van der Waals surface area contributed by atoms with Gasteiger partial charge in [0.15, 0.2) is 0 Å². The van der Waals surface area contributed by atoms with Gasteiger partial charge >= 0.3 is 12.3 Å². The summed E-state index contributed by atoms with van der Waals surface area (Å²) in [6.45, 7) is 4.61. The summed E-state index contributed by atoms with van der Waals surface area (Å²) < 4.78 is 72.9. The zero-order valence-corrected chi connectivity index (χ0v) is 21.4. The lowest BCUT2D eigenvalue weighted by Gasteiger charge is -2.36. The van der Waals surface area contributed by atoms with E-state index in [9.17, 15) is 45.9 Å². The van der Waals surface area contributed by atoms with E-state index in [1.165, 1.54) is 20.8 Å². The van der Waals surface area contributed by atoms with Crippen LogP contribution < -0.4 is 16.0 Å². The summed E-state index contributed by atoms with van der Waals surface area (Å²) in [5.41, 5.74) is -1.02. The minimum atomic E-state index is -4.94. The van der Waals surface area contributed by atoms with Crippen molar-refractivity contribution in [3.8, 4) is 0 Å². The molecule has 1 aliphatic heterocycles. The first-order valence-corrected chi connectivity index (χ1v) is 11.4. The van der Waals surface area contributed by atoms with Gasteiger partial charge in [0.1, 0.15) is 12.1 Å². The number of ketones is 1. The van der Waals surface area contributed by atoms with Crippen molar-refractivity contribution in [1.29, 1.82) is 0 Å². The second-order valence-electron chi connectivity index (χ2n) is 9.96. The highest BCUT2D eigenvalue weighted by molar-refractivity contribution is 6.38. The number of hydrogen-bond acceptors (Lipinski definition) is 6. The van der Waals surface area contributed by atoms with E-state index in [1.54, 1.807) is 0 Å². The molecule has 0 saturated carbocycles. The number of methoxy groups -OCH3 is 1. The zero-order chi connectivity index (χ0) is 28.9. The number of amides is 4. The number of likely N-dealkylation sites (N-methyl/N-ethyl adjacent to an activating group) is 1. The van der Waals surface area contributed by atoms with Crippen molar-refractivity contribution in [3.05, 3.63) is 0 Å². The first-order valence-electron chi connectivity index (χ1n) is 11.4. The number of nitrogens with one attached hydrogen (secondary N) is 3. The second kappa shape index (κ2) is 12.0. The number of carbonyl (C=O) groups is 5. The van der Waals surface area contributed by atoms with Gasteiger partial charge in [-0.1, -0.05) is 20.8 Å². The fraction of sp³-hybridized carbons (Fsp3) is 0.773. The van der Waals surface area contributed by atoms with Crippen LogP contribution in [0.25, 0.3) is 0 Å². The molecule has 1 rings (SSSR count). The number of Topliss-reactive ketones (excluding diaryl/α,β-unsaturated/α-hetero) is 1. The lowest BCUT2D eigenvalue weighted by atomic mass is 9.85. The van der Waals surface area contributed by atoms with Gasteiger partial charge in [0.05, 0.1) is 19.1 Å². The summed E-state index contributed by atoms with van der Waals surface area (Å²) in [6, 6.07) is -5.44. The first-order chi connectivity index (χ1) is 16.7. The number of halogens is 5. The molecule has 212 valence electrons. The molecular formula is C22H33F5N4O6. The summed E-state index contributed by atoms with van der Waals surface area (Å²) >= 11 is 0. The van der Waals surface area contributed by atoms with Gasteiger partial charge < -0.3 is 25.6 Å². The van der Waals surface area contributed by atoms with Crippen LogP contribution in [0.3, 0.4) is 0 Å². The monoisotopic (exact) mass is 544 g/mol. The summed E-state index contributed by atoms with van der Waals surface area (Å²) in [5, 5.41) is 6.21. The van der Waals surface area contributed by atoms with Gasteiger partial charge in [-0.05, 0) is 25.2 Å². The third-order valence-electron chi connectivity index (χ3n) is 5.89. The van der Waals surface area contributed by atoms with Gasteiger partial charge in [-0.3, -0.25) is 19.2 Å². The standard InChI is InChI=1S/C22H33F5N4O6/c1-20(2,3)15(30-19(36)37-6)18(35)31-10-8-11(22(25,26)27)13(31)16(33)29-12(7-9-21(4,23)24)14(32)17(34)28-5/h11-13,15H,7-10H2,1-6H3,(H,28,34)(H,29,33)(H,30,36)/t11-,12-,13-,15+/m0/s1. The maximum atomic E-state index is 13.9. The number of likely N-dealkylation sites (tertiary alicyclic amines) is 1.